The third kappa shape index (κ3) is 5.45. The molecule has 0 aliphatic carbocycles. The van der Waals surface area contributed by atoms with Crippen LogP contribution < -0.4 is 11.1 Å². The van der Waals surface area contributed by atoms with Crippen LogP contribution in [0.5, 0.6) is 0 Å². The summed E-state index contributed by atoms with van der Waals surface area (Å²) in [6.07, 6.45) is 1.72. The zero-order valence-corrected chi connectivity index (χ0v) is 9.86. The molecule has 0 spiro atoms. The molecule has 3 N–H and O–H groups in total. The average molecular weight is 238 g/mol. The van der Waals surface area contributed by atoms with Gasteiger partial charge in [0.25, 0.3) is 0 Å². The Hall–Kier alpha value is -1.42. The minimum absolute atomic E-state index is 0.200. The number of alkyl halides is 1. The van der Waals surface area contributed by atoms with Crippen molar-refractivity contribution < 1.29 is 9.18 Å². The topological polar surface area (TPSA) is 55.1 Å². The van der Waals surface area contributed by atoms with E-state index >= 15 is 0 Å². The SMILES string of the molecule is NC(CCc1ccccc1)C(=O)NCCCF. The molecule has 0 aliphatic heterocycles. The van der Waals surface area contributed by atoms with Gasteiger partial charge in [0.1, 0.15) is 0 Å². The van der Waals surface area contributed by atoms with Crippen molar-refractivity contribution in [1.29, 1.82) is 0 Å². The Labute approximate surface area is 101 Å². The first-order chi connectivity index (χ1) is 8.24. The maximum absolute atomic E-state index is 11.8. The van der Waals surface area contributed by atoms with Crippen LogP contribution in [-0.2, 0) is 11.2 Å². The summed E-state index contributed by atoms with van der Waals surface area (Å²) in [5, 5.41) is 2.62. The largest absolute Gasteiger partial charge is 0.355 e. The van der Waals surface area contributed by atoms with E-state index in [1.807, 2.05) is 30.3 Å². The van der Waals surface area contributed by atoms with Crippen LogP contribution in [-0.4, -0.2) is 25.2 Å². The van der Waals surface area contributed by atoms with Crippen molar-refractivity contribution in [3.8, 4) is 0 Å². The highest BCUT2D eigenvalue weighted by molar-refractivity contribution is 5.81. The normalized spacial score (nSPS) is 12.1. The molecule has 1 atom stereocenters. The minimum atomic E-state index is -0.519. The summed E-state index contributed by atoms with van der Waals surface area (Å²) in [6, 6.07) is 9.37. The lowest BCUT2D eigenvalue weighted by molar-refractivity contribution is -0.122. The predicted octanol–water partition coefficient (Wildman–Crippen LogP) is 1.42. The van der Waals surface area contributed by atoms with Gasteiger partial charge in [-0.15, -0.1) is 0 Å². The van der Waals surface area contributed by atoms with E-state index in [1.165, 1.54) is 5.56 Å². The number of halogens is 1. The molecule has 1 rings (SSSR count). The predicted molar refractivity (Wildman–Crippen MR) is 66.3 cm³/mol. The van der Waals surface area contributed by atoms with Gasteiger partial charge in [0.15, 0.2) is 0 Å². The van der Waals surface area contributed by atoms with E-state index in [0.717, 1.165) is 6.42 Å². The first-order valence-corrected chi connectivity index (χ1v) is 5.87. The number of nitrogens with two attached hydrogens (primary N) is 1. The molecular weight excluding hydrogens is 219 g/mol. The fraction of sp³-hybridized carbons (Fsp3) is 0.462. The van der Waals surface area contributed by atoms with Gasteiger partial charge in [-0.2, -0.15) is 0 Å². The van der Waals surface area contributed by atoms with Crippen molar-refractivity contribution >= 4 is 5.91 Å². The molecular formula is C13H19FN2O. The molecule has 0 saturated carbocycles. The van der Waals surface area contributed by atoms with Crippen molar-refractivity contribution in [3.63, 3.8) is 0 Å². The summed E-state index contributed by atoms with van der Waals surface area (Å²) in [6.45, 7) is -0.0616. The van der Waals surface area contributed by atoms with Crippen LogP contribution in [0.2, 0.25) is 0 Å². The van der Waals surface area contributed by atoms with Crippen molar-refractivity contribution in [2.24, 2.45) is 5.73 Å². The first-order valence-electron chi connectivity index (χ1n) is 5.87. The van der Waals surface area contributed by atoms with Crippen LogP contribution in [0.25, 0.3) is 0 Å². The molecule has 1 amide bonds. The summed E-state index contributed by atoms with van der Waals surface area (Å²) in [5.74, 6) is -0.200. The molecule has 17 heavy (non-hydrogen) atoms. The lowest BCUT2D eigenvalue weighted by Crippen LogP contribution is -2.41. The Morgan fingerprint density at radius 3 is 2.71 bits per heavy atom. The Bertz CT molecular complexity index is 329. The fourth-order valence-electron chi connectivity index (χ4n) is 1.51. The van der Waals surface area contributed by atoms with E-state index in [-0.39, 0.29) is 5.91 Å². The summed E-state index contributed by atoms with van der Waals surface area (Å²) in [7, 11) is 0. The van der Waals surface area contributed by atoms with Gasteiger partial charge in [-0.3, -0.25) is 9.18 Å². The van der Waals surface area contributed by atoms with E-state index in [4.69, 9.17) is 5.73 Å². The molecule has 0 heterocycles. The quantitative estimate of drug-likeness (QED) is 0.706. The van der Waals surface area contributed by atoms with Gasteiger partial charge in [-0.05, 0) is 24.8 Å². The molecule has 4 heteroatoms. The van der Waals surface area contributed by atoms with Crippen LogP contribution in [0.1, 0.15) is 18.4 Å². The molecule has 0 aromatic heterocycles. The third-order valence-corrected chi connectivity index (χ3v) is 2.53. The number of hydrogen-bond acceptors (Lipinski definition) is 2. The molecule has 0 saturated heterocycles. The van der Waals surface area contributed by atoms with Gasteiger partial charge in [-0.1, -0.05) is 30.3 Å². The average Bonchev–Trinajstić information content (AvgIpc) is 2.37. The highest BCUT2D eigenvalue weighted by Gasteiger charge is 2.12. The molecule has 0 aliphatic rings. The number of carbonyl (C=O) groups is 1. The van der Waals surface area contributed by atoms with Crippen molar-refractivity contribution in [2.75, 3.05) is 13.2 Å². The second-order valence-electron chi connectivity index (χ2n) is 3.96. The Kier molecular flexibility index (Phi) is 6.25. The van der Waals surface area contributed by atoms with E-state index in [0.29, 0.717) is 19.4 Å². The summed E-state index contributed by atoms with van der Waals surface area (Å²) in [5.41, 5.74) is 6.91. The van der Waals surface area contributed by atoms with Gasteiger partial charge in [-0.25, -0.2) is 0 Å². The Balaban J connectivity index is 2.24. The molecule has 0 bridgehead atoms. The van der Waals surface area contributed by atoms with Gasteiger partial charge < -0.3 is 11.1 Å². The number of hydrogen-bond donors (Lipinski definition) is 2. The lowest BCUT2D eigenvalue weighted by atomic mass is 10.1. The Morgan fingerprint density at radius 2 is 2.06 bits per heavy atom. The van der Waals surface area contributed by atoms with Crippen molar-refractivity contribution in [1.82, 2.24) is 5.32 Å². The number of carbonyl (C=O) groups excluding carboxylic acids is 1. The van der Waals surface area contributed by atoms with Gasteiger partial charge in [0, 0.05) is 6.54 Å². The number of nitrogens with one attached hydrogen (secondary N) is 1. The van der Waals surface area contributed by atoms with Crippen molar-refractivity contribution in [2.45, 2.75) is 25.3 Å². The maximum Gasteiger partial charge on any atom is 0.236 e. The van der Waals surface area contributed by atoms with E-state index < -0.39 is 12.7 Å². The van der Waals surface area contributed by atoms with Crippen LogP contribution in [0.3, 0.4) is 0 Å². The fourth-order valence-corrected chi connectivity index (χ4v) is 1.51. The monoisotopic (exact) mass is 238 g/mol. The summed E-state index contributed by atoms with van der Waals surface area (Å²) >= 11 is 0. The molecule has 1 aromatic rings. The van der Waals surface area contributed by atoms with Gasteiger partial charge in [0.05, 0.1) is 12.7 Å². The molecule has 1 unspecified atom stereocenters. The highest BCUT2D eigenvalue weighted by Crippen LogP contribution is 2.03. The van der Waals surface area contributed by atoms with Gasteiger partial charge in [0.2, 0.25) is 5.91 Å². The molecule has 0 radical (unpaired) electrons. The number of amides is 1. The number of rotatable bonds is 7. The van der Waals surface area contributed by atoms with E-state index in [9.17, 15) is 9.18 Å². The highest BCUT2D eigenvalue weighted by atomic mass is 19.1. The third-order valence-electron chi connectivity index (χ3n) is 2.53. The first kappa shape index (κ1) is 13.6. The number of benzene rings is 1. The van der Waals surface area contributed by atoms with Crippen molar-refractivity contribution in [3.05, 3.63) is 35.9 Å². The van der Waals surface area contributed by atoms with Crippen LogP contribution in [0.15, 0.2) is 30.3 Å². The van der Waals surface area contributed by atoms with Crippen LogP contribution in [0.4, 0.5) is 4.39 Å². The second kappa shape index (κ2) is 7.79. The summed E-state index contributed by atoms with van der Waals surface area (Å²) in [4.78, 5) is 11.5. The Morgan fingerprint density at radius 1 is 1.35 bits per heavy atom. The smallest absolute Gasteiger partial charge is 0.236 e. The van der Waals surface area contributed by atoms with E-state index in [2.05, 4.69) is 5.32 Å². The zero-order chi connectivity index (χ0) is 12.5. The lowest BCUT2D eigenvalue weighted by Gasteiger charge is -2.11. The standard InChI is InChI=1S/C13H19FN2O/c14-9-4-10-16-13(17)12(15)8-7-11-5-2-1-3-6-11/h1-3,5-6,12H,4,7-10,15H2,(H,16,17). The van der Waals surface area contributed by atoms with Crippen LogP contribution >= 0.6 is 0 Å². The van der Waals surface area contributed by atoms with E-state index in [1.54, 1.807) is 0 Å². The molecule has 94 valence electrons. The van der Waals surface area contributed by atoms with Crippen LogP contribution in [0, 0.1) is 0 Å². The molecule has 0 fully saturated rings. The maximum atomic E-state index is 11.8. The summed E-state index contributed by atoms with van der Waals surface area (Å²) < 4.78 is 11.8. The molecule has 1 aromatic carbocycles. The zero-order valence-electron chi connectivity index (χ0n) is 9.86. The number of aryl methyl sites for hydroxylation is 1. The molecule has 3 nitrogen and oxygen atoms in total. The minimum Gasteiger partial charge on any atom is -0.355 e. The van der Waals surface area contributed by atoms with Gasteiger partial charge >= 0.3 is 0 Å². The second-order valence-corrected chi connectivity index (χ2v) is 3.96.